The number of halogens is 1. The number of hydrogen-bond donors (Lipinski definition) is 1. The van der Waals surface area contributed by atoms with Crippen LogP contribution in [0.15, 0.2) is 24.3 Å². The largest absolute Gasteiger partial charge is 0.333 e. The van der Waals surface area contributed by atoms with E-state index in [1.165, 1.54) is 12.1 Å². The van der Waals surface area contributed by atoms with E-state index in [4.69, 9.17) is 11.6 Å². The molecule has 0 aromatic heterocycles. The summed E-state index contributed by atoms with van der Waals surface area (Å²) in [6.07, 6.45) is 6.32. The number of hydrogen-bond acceptors (Lipinski definition) is 4. The third-order valence-corrected chi connectivity index (χ3v) is 6.53. The molecule has 2 amide bonds. The van der Waals surface area contributed by atoms with Crippen LogP contribution in [-0.2, 0) is 6.54 Å². The van der Waals surface area contributed by atoms with Crippen LogP contribution in [0.5, 0.6) is 0 Å². The Labute approximate surface area is 163 Å². The lowest BCUT2D eigenvalue weighted by Gasteiger charge is -2.31. The number of benzene rings is 1. The average Bonchev–Trinajstić information content (AvgIpc) is 2.65. The van der Waals surface area contributed by atoms with E-state index in [-0.39, 0.29) is 22.3 Å². The van der Waals surface area contributed by atoms with Crippen LogP contribution in [0.3, 0.4) is 0 Å². The van der Waals surface area contributed by atoms with Gasteiger partial charge in [0.2, 0.25) is 0 Å². The number of nitrogens with zero attached hydrogens (tertiary/aromatic N) is 2. The summed E-state index contributed by atoms with van der Waals surface area (Å²) >= 11 is 8.01. The van der Waals surface area contributed by atoms with Crippen molar-refractivity contribution in [2.75, 3.05) is 6.54 Å². The Morgan fingerprint density at radius 3 is 2.65 bits per heavy atom. The molecular formula is C18H26ClN3O3S. The first kappa shape index (κ1) is 20.8. The number of urea groups is 1. The highest BCUT2D eigenvalue weighted by Gasteiger charge is 2.28. The van der Waals surface area contributed by atoms with E-state index in [1.807, 2.05) is 0 Å². The van der Waals surface area contributed by atoms with Gasteiger partial charge >= 0.3 is 6.03 Å². The molecule has 2 rings (SSSR count). The molecule has 8 heteroatoms. The molecule has 0 aliphatic heterocycles. The summed E-state index contributed by atoms with van der Waals surface area (Å²) in [7, 11) is 0. The summed E-state index contributed by atoms with van der Waals surface area (Å²) < 4.78 is 1.79. The quantitative estimate of drug-likeness (QED) is 0.285. The molecule has 6 nitrogen and oxygen atoms in total. The molecule has 2 atom stereocenters. The third kappa shape index (κ3) is 6.36. The van der Waals surface area contributed by atoms with Crippen molar-refractivity contribution in [2.45, 2.75) is 62.6 Å². The number of alkyl halides is 1. The molecule has 2 unspecified atom stereocenters. The van der Waals surface area contributed by atoms with Crippen molar-refractivity contribution in [3.05, 3.63) is 39.9 Å². The van der Waals surface area contributed by atoms with E-state index in [2.05, 4.69) is 12.2 Å². The minimum Gasteiger partial charge on any atom is -0.333 e. The first-order valence-corrected chi connectivity index (χ1v) is 10.4. The van der Waals surface area contributed by atoms with Crippen molar-refractivity contribution in [3.8, 4) is 0 Å². The van der Waals surface area contributed by atoms with E-state index in [9.17, 15) is 14.9 Å². The highest BCUT2D eigenvalue weighted by Crippen LogP contribution is 2.34. The molecule has 0 radical (unpaired) electrons. The van der Waals surface area contributed by atoms with Crippen molar-refractivity contribution in [2.24, 2.45) is 0 Å². The fourth-order valence-corrected chi connectivity index (χ4v) is 4.52. The number of amides is 2. The number of nitro benzene ring substituents is 1. The fourth-order valence-electron chi connectivity index (χ4n) is 2.84. The van der Waals surface area contributed by atoms with Gasteiger partial charge in [0.15, 0.2) is 0 Å². The summed E-state index contributed by atoms with van der Waals surface area (Å²) in [6.45, 7) is 3.13. The standard InChI is InChI=1S/C18H26ClN3O3S/c1-2-3-12-21(26-17-7-5-4-6-16(17)19)18(23)20-13-14-8-10-15(11-9-14)22(24)25/h8-11,16-17H,2-7,12-13H2,1H3,(H,20,23). The summed E-state index contributed by atoms with van der Waals surface area (Å²) in [4.78, 5) is 22.9. The Morgan fingerprint density at radius 2 is 2.04 bits per heavy atom. The fraction of sp³-hybridized carbons (Fsp3) is 0.611. The van der Waals surface area contributed by atoms with Gasteiger partial charge < -0.3 is 5.32 Å². The topological polar surface area (TPSA) is 75.5 Å². The van der Waals surface area contributed by atoms with Gasteiger partial charge in [0.25, 0.3) is 5.69 Å². The molecule has 1 N–H and O–H groups in total. The van der Waals surface area contributed by atoms with Gasteiger partial charge in [-0.05, 0) is 36.8 Å². The van der Waals surface area contributed by atoms with Crippen LogP contribution >= 0.6 is 23.5 Å². The normalized spacial score (nSPS) is 19.8. The van der Waals surface area contributed by atoms with Crippen LogP contribution in [0.25, 0.3) is 0 Å². The highest BCUT2D eigenvalue weighted by molar-refractivity contribution is 7.98. The first-order chi connectivity index (χ1) is 12.5. The molecule has 0 saturated heterocycles. The zero-order valence-electron chi connectivity index (χ0n) is 15.0. The second-order valence-electron chi connectivity index (χ2n) is 6.48. The third-order valence-electron chi connectivity index (χ3n) is 4.42. The first-order valence-electron chi connectivity index (χ1n) is 9.10. The molecule has 1 aromatic rings. The Bertz CT molecular complexity index is 600. The highest BCUT2D eigenvalue weighted by atomic mass is 35.5. The molecule has 144 valence electrons. The van der Waals surface area contributed by atoms with Gasteiger partial charge in [-0.2, -0.15) is 0 Å². The molecule has 0 bridgehead atoms. The maximum absolute atomic E-state index is 12.6. The summed E-state index contributed by atoms with van der Waals surface area (Å²) in [5.41, 5.74) is 0.878. The van der Waals surface area contributed by atoms with Crippen LogP contribution < -0.4 is 5.32 Å². The molecule has 1 aliphatic rings. The van der Waals surface area contributed by atoms with E-state index in [0.717, 1.165) is 44.1 Å². The van der Waals surface area contributed by atoms with Crippen LogP contribution in [0.4, 0.5) is 10.5 Å². The maximum Gasteiger partial charge on any atom is 0.327 e. The zero-order chi connectivity index (χ0) is 18.9. The van der Waals surface area contributed by atoms with Crippen molar-refractivity contribution in [1.29, 1.82) is 0 Å². The Kier molecular flexibility index (Phi) is 8.51. The minimum atomic E-state index is -0.432. The predicted molar refractivity (Wildman–Crippen MR) is 106 cm³/mol. The van der Waals surface area contributed by atoms with E-state index in [0.29, 0.717) is 13.1 Å². The number of rotatable bonds is 8. The lowest BCUT2D eigenvalue weighted by molar-refractivity contribution is -0.384. The molecule has 1 fully saturated rings. The molecule has 1 aliphatic carbocycles. The number of carbonyl (C=O) groups is 1. The summed E-state index contributed by atoms with van der Waals surface area (Å²) in [5.74, 6) is 0. The van der Waals surface area contributed by atoms with E-state index in [1.54, 1.807) is 28.4 Å². The van der Waals surface area contributed by atoms with E-state index < -0.39 is 4.92 Å². The second-order valence-corrected chi connectivity index (χ2v) is 8.30. The van der Waals surface area contributed by atoms with Gasteiger partial charge in [-0.1, -0.05) is 38.3 Å². The predicted octanol–water partition coefficient (Wildman–Crippen LogP) is 5.10. The van der Waals surface area contributed by atoms with Crippen LogP contribution in [0.2, 0.25) is 0 Å². The molecule has 0 heterocycles. The van der Waals surface area contributed by atoms with Crippen molar-refractivity contribution in [1.82, 2.24) is 9.62 Å². The lowest BCUT2D eigenvalue weighted by Crippen LogP contribution is -2.39. The van der Waals surface area contributed by atoms with E-state index >= 15 is 0 Å². The monoisotopic (exact) mass is 399 g/mol. The van der Waals surface area contributed by atoms with Crippen LogP contribution in [-0.4, -0.2) is 32.4 Å². The van der Waals surface area contributed by atoms with Crippen molar-refractivity contribution >= 4 is 35.3 Å². The minimum absolute atomic E-state index is 0.0469. The molecular weight excluding hydrogens is 374 g/mol. The van der Waals surface area contributed by atoms with Gasteiger partial charge in [-0.25, -0.2) is 4.79 Å². The number of nitrogens with one attached hydrogen (secondary N) is 1. The van der Waals surface area contributed by atoms with Crippen LogP contribution in [0.1, 0.15) is 51.0 Å². The Hall–Kier alpha value is -1.47. The Balaban J connectivity index is 1.91. The maximum atomic E-state index is 12.6. The Morgan fingerprint density at radius 1 is 1.35 bits per heavy atom. The zero-order valence-corrected chi connectivity index (χ0v) is 16.6. The lowest BCUT2D eigenvalue weighted by atomic mass is 10.00. The number of nitro groups is 1. The number of unbranched alkanes of at least 4 members (excludes halogenated alkanes) is 1. The molecule has 0 spiro atoms. The summed E-state index contributed by atoms with van der Waals surface area (Å²) in [6, 6.07) is 6.10. The summed E-state index contributed by atoms with van der Waals surface area (Å²) in [5, 5.41) is 14.0. The molecule has 26 heavy (non-hydrogen) atoms. The second kappa shape index (κ2) is 10.6. The van der Waals surface area contributed by atoms with Gasteiger partial charge in [-0.15, -0.1) is 11.6 Å². The smallest absolute Gasteiger partial charge is 0.327 e. The molecule has 1 saturated carbocycles. The van der Waals surface area contributed by atoms with Crippen molar-refractivity contribution < 1.29 is 9.72 Å². The SMILES string of the molecule is CCCCN(SC1CCCCC1Cl)C(=O)NCc1ccc([N+](=O)[O-])cc1. The van der Waals surface area contributed by atoms with Crippen molar-refractivity contribution in [3.63, 3.8) is 0 Å². The van der Waals surface area contributed by atoms with Crippen LogP contribution in [0, 0.1) is 10.1 Å². The average molecular weight is 400 g/mol. The van der Waals surface area contributed by atoms with Gasteiger partial charge in [0.05, 0.1) is 4.92 Å². The number of carbonyl (C=O) groups excluding carboxylic acids is 1. The van der Waals surface area contributed by atoms with Gasteiger partial charge in [0.1, 0.15) is 0 Å². The van der Waals surface area contributed by atoms with Gasteiger partial charge in [0, 0.05) is 35.8 Å². The van der Waals surface area contributed by atoms with Gasteiger partial charge in [-0.3, -0.25) is 14.4 Å². The number of non-ortho nitro benzene ring substituents is 1. The molecule has 1 aromatic carbocycles.